The predicted molar refractivity (Wildman–Crippen MR) is 111 cm³/mol. The summed E-state index contributed by atoms with van der Waals surface area (Å²) in [6.07, 6.45) is 7.19. The van der Waals surface area contributed by atoms with Crippen LogP contribution >= 0.6 is 0 Å². The van der Waals surface area contributed by atoms with Crippen LogP contribution in [0.25, 0.3) is 5.69 Å². The fourth-order valence-corrected chi connectivity index (χ4v) is 3.04. The standard InChI is InChI=1S/C21H28N6/c1-4-17(5-2)12-14-26(3)20-15-19(11-13-22-20)27-16-23-21(25-27)24-18-9-7-6-8-10-18/h6-11,13,15-17H,4-5,12,14H2,1-3H3,(H,24,25). The van der Waals surface area contributed by atoms with Crippen molar-refractivity contribution in [3.63, 3.8) is 0 Å². The van der Waals surface area contributed by atoms with E-state index in [0.29, 0.717) is 5.95 Å². The molecule has 0 radical (unpaired) electrons. The monoisotopic (exact) mass is 364 g/mol. The van der Waals surface area contributed by atoms with Gasteiger partial charge in [-0.2, -0.15) is 4.98 Å². The Balaban J connectivity index is 1.68. The molecular weight excluding hydrogens is 336 g/mol. The highest BCUT2D eigenvalue weighted by molar-refractivity contribution is 5.53. The van der Waals surface area contributed by atoms with Gasteiger partial charge in [-0.25, -0.2) is 9.67 Å². The zero-order valence-electron chi connectivity index (χ0n) is 16.3. The number of aromatic nitrogens is 4. The van der Waals surface area contributed by atoms with Gasteiger partial charge in [-0.05, 0) is 30.5 Å². The highest BCUT2D eigenvalue weighted by atomic mass is 15.4. The molecule has 2 aromatic heterocycles. The quantitative estimate of drug-likeness (QED) is 0.598. The number of rotatable bonds is 9. The highest BCUT2D eigenvalue weighted by Gasteiger charge is 2.09. The van der Waals surface area contributed by atoms with E-state index in [4.69, 9.17) is 0 Å². The second-order valence-electron chi connectivity index (χ2n) is 6.77. The molecule has 6 heteroatoms. The summed E-state index contributed by atoms with van der Waals surface area (Å²) < 4.78 is 1.77. The van der Waals surface area contributed by atoms with Crippen molar-refractivity contribution in [3.8, 4) is 5.69 Å². The Hall–Kier alpha value is -2.89. The van der Waals surface area contributed by atoms with Gasteiger partial charge in [0.2, 0.25) is 5.95 Å². The van der Waals surface area contributed by atoms with Crippen LogP contribution in [0.1, 0.15) is 33.1 Å². The largest absolute Gasteiger partial charge is 0.360 e. The molecular formula is C21H28N6. The second-order valence-corrected chi connectivity index (χ2v) is 6.77. The van der Waals surface area contributed by atoms with Crippen molar-refractivity contribution in [1.29, 1.82) is 0 Å². The van der Waals surface area contributed by atoms with Gasteiger partial charge in [0.1, 0.15) is 12.1 Å². The summed E-state index contributed by atoms with van der Waals surface area (Å²) >= 11 is 0. The van der Waals surface area contributed by atoms with Crippen molar-refractivity contribution in [2.45, 2.75) is 33.1 Å². The van der Waals surface area contributed by atoms with E-state index in [1.165, 1.54) is 19.3 Å². The van der Waals surface area contributed by atoms with Crippen LogP contribution in [0.3, 0.4) is 0 Å². The molecule has 0 amide bonds. The SMILES string of the molecule is CCC(CC)CCN(C)c1cc(-n2cnc(Nc3ccccc3)n2)ccn1. The van der Waals surface area contributed by atoms with Gasteiger partial charge in [0.05, 0.1) is 5.69 Å². The van der Waals surface area contributed by atoms with Gasteiger partial charge in [0.25, 0.3) is 0 Å². The van der Waals surface area contributed by atoms with Gasteiger partial charge in [-0.1, -0.05) is 44.9 Å². The summed E-state index contributed by atoms with van der Waals surface area (Å²) in [5.74, 6) is 2.30. The lowest BCUT2D eigenvalue weighted by molar-refractivity contribution is 0.458. The van der Waals surface area contributed by atoms with E-state index in [-0.39, 0.29) is 0 Å². The number of para-hydroxylation sites is 1. The van der Waals surface area contributed by atoms with Crippen LogP contribution in [0, 0.1) is 5.92 Å². The van der Waals surface area contributed by atoms with Crippen molar-refractivity contribution < 1.29 is 0 Å². The van der Waals surface area contributed by atoms with Crippen molar-refractivity contribution >= 4 is 17.5 Å². The summed E-state index contributed by atoms with van der Waals surface area (Å²) in [5.41, 5.74) is 1.91. The summed E-state index contributed by atoms with van der Waals surface area (Å²) in [7, 11) is 2.10. The van der Waals surface area contributed by atoms with Gasteiger partial charge in [-0.3, -0.25) is 0 Å². The topological polar surface area (TPSA) is 58.9 Å². The lowest BCUT2D eigenvalue weighted by Crippen LogP contribution is -2.22. The molecule has 3 rings (SSSR count). The third-order valence-electron chi connectivity index (χ3n) is 4.93. The molecule has 0 aliphatic heterocycles. The molecule has 0 unspecified atom stereocenters. The molecule has 6 nitrogen and oxygen atoms in total. The minimum absolute atomic E-state index is 0.571. The minimum Gasteiger partial charge on any atom is -0.360 e. The first kappa shape index (κ1) is 18.9. The smallest absolute Gasteiger partial charge is 0.246 e. The fourth-order valence-electron chi connectivity index (χ4n) is 3.04. The van der Waals surface area contributed by atoms with Gasteiger partial charge >= 0.3 is 0 Å². The van der Waals surface area contributed by atoms with E-state index in [1.807, 2.05) is 48.7 Å². The number of nitrogens with one attached hydrogen (secondary N) is 1. The first-order chi connectivity index (χ1) is 13.2. The number of nitrogens with zero attached hydrogens (tertiary/aromatic N) is 5. The molecule has 3 aromatic rings. The van der Waals surface area contributed by atoms with E-state index < -0.39 is 0 Å². The Bertz CT molecular complexity index is 825. The molecule has 2 heterocycles. The third-order valence-corrected chi connectivity index (χ3v) is 4.93. The van der Waals surface area contributed by atoms with Gasteiger partial charge in [0, 0.05) is 31.5 Å². The van der Waals surface area contributed by atoms with Crippen molar-refractivity contribution in [3.05, 3.63) is 55.0 Å². The maximum Gasteiger partial charge on any atom is 0.246 e. The van der Waals surface area contributed by atoms with Gasteiger partial charge < -0.3 is 10.2 Å². The van der Waals surface area contributed by atoms with E-state index in [9.17, 15) is 0 Å². The average Bonchev–Trinajstić information content (AvgIpc) is 3.18. The van der Waals surface area contributed by atoms with E-state index >= 15 is 0 Å². The molecule has 27 heavy (non-hydrogen) atoms. The third kappa shape index (κ3) is 5.06. The molecule has 0 saturated carbocycles. The first-order valence-electron chi connectivity index (χ1n) is 9.61. The van der Waals surface area contributed by atoms with Crippen LogP contribution in [0.15, 0.2) is 55.0 Å². The molecule has 0 fully saturated rings. The van der Waals surface area contributed by atoms with Crippen LogP contribution in [0.2, 0.25) is 0 Å². The van der Waals surface area contributed by atoms with Crippen LogP contribution in [-0.4, -0.2) is 33.3 Å². The van der Waals surface area contributed by atoms with Gasteiger partial charge in [0.15, 0.2) is 0 Å². The number of anilines is 3. The molecule has 0 aliphatic carbocycles. The maximum atomic E-state index is 4.53. The van der Waals surface area contributed by atoms with E-state index in [2.05, 4.69) is 46.2 Å². The number of hydrogen-bond donors (Lipinski definition) is 1. The zero-order valence-corrected chi connectivity index (χ0v) is 16.3. The Labute approximate surface area is 161 Å². The normalized spacial score (nSPS) is 11.0. The molecule has 0 spiro atoms. The van der Waals surface area contributed by atoms with Crippen molar-refractivity contribution in [1.82, 2.24) is 19.7 Å². The molecule has 0 saturated heterocycles. The number of hydrogen-bond acceptors (Lipinski definition) is 5. The van der Waals surface area contributed by atoms with Crippen molar-refractivity contribution in [2.24, 2.45) is 5.92 Å². The first-order valence-corrected chi connectivity index (χ1v) is 9.61. The summed E-state index contributed by atoms with van der Waals surface area (Å²) in [5, 5.41) is 7.73. The Morgan fingerprint density at radius 2 is 1.85 bits per heavy atom. The molecule has 142 valence electrons. The Morgan fingerprint density at radius 1 is 1.07 bits per heavy atom. The highest BCUT2D eigenvalue weighted by Crippen LogP contribution is 2.19. The maximum absolute atomic E-state index is 4.53. The van der Waals surface area contributed by atoms with Crippen LogP contribution < -0.4 is 10.2 Å². The summed E-state index contributed by atoms with van der Waals surface area (Å²) in [6.45, 7) is 5.53. The van der Waals surface area contributed by atoms with Crippen LogP contribution in [0.5, 0.6) is 0 Å². The second kappa shape index (κ2) is 9.16. The molecule has 0 aliphatic rings. The Kier molecular flexibility index (Phi) is 6.41. The fraction of sp³-hybridized carbons (Fsp3) is 0.381. The number of benzene rings is 1. The van der Waals surface area contributed by atoms with E-state index in [1.54, 1.807) is 11.0 Å². The molecule has 0 atom stereocenters. The van der Waals surface area contributed by atoms with Crippen LogP contribution in [0.4, 0.5) is 17.5 Å². The number of pyridine rings is 1. The lowest BCUT2D eigenvalue weighted by atomic mass is 9.99. The molecule has 1 N–H and O–H groups in total. The van der Waals surface area contributed by atoms with Crippen molar-refractivity contribution in [2.75, 3.05) is 23.8 Å². The molecule has 0 bridgehead atoms. The minimum atomic E-state index is 0.571. The zero-order chi connectivity index (χ0) is 19.1. The summed E-state index contributed by atoms with van der Waals surface area (Å²) in [4.78, 5) is 11.1. The van der Waals surface area contributed by atoms with Gasteiger partial charge in [-0.15, -0.1) is 5.10 Å². The van der Waals surface area contributed by atoms with E-state index in [0.717, 1.165) is 29.7 Å². The summed E-state index contributed by atoms with van der Waals surface area (Å²) in [6, 6.07) is 13.9. The predicted octanol–water partition coefficient (Wildman–Crippen LogP) is 4.67. The lowest BCUT2D eigenvalue weighted by Gasteiger charge is -2.21. The average molecular weight is 364 g/mol. The van der Waals surface area contributed by atoms with Crippen LogP contribution in [-0.2, 0) is 0 Å². The molecule has 1 aromatic carbocycles. The Morgan fingerprint density at radius 3 is 2.59 bits per heavy atom.